The molecular formula is C16H24Cl4N2O3Si2. The summed E-state index contributed by atoms with van der Waals surface area (Å²) < 4.78 is 10.1. The minimum absolute atomic E-state index is 0. The highest BCUT2D eigenvalue weighted by molar-refractivity contribution is 6.89. The van der Waals surface area contributed by atoms with Crippen molar-refractivity contribution in [2.24, 2.45) is 0 Å². The molecule has 2 aromatic rings. The van der Waals surface area contributed by atoms with Crippen LogP contribution in [0.2, 0.25) is 13.1 Å². The van der Waals surface area contributed by atoms with Gasteiger partial charge in [0.05, 0.1) is 12.1 Å². The standard InChI is InChI=1S/C16H22Cl2N2O3Si2.2ClH/c1-24(11-17,13-19-9-5-3-7-15(19)21)23-25(2,12-18)14-20-10-6-4-8-16(20)22;;/h3-10H,11-14H2,1-2H3;2*1H/t24-,25+;;. The van der Waals surface area contributed by atoms with Crippen molar-refractivity contribution >= 4 is 39.8 Å². The summed E-state index contributed by atoms with van der Waals surface area (Å²) in [4.78, 5) is 0. The van der Waals surface area contributed by atoms with E-state index in [0.29, 0.717) is 23.3 Å². The van der Waals surface area contributed by atoms with Crippen molar-refractivity contribution < 1.29 is 48.3 Å². The molecule has 2 N–H and O–H groups in total. The second kappa shape index (κ2) is 11.5. The third-order valence-corrected chi connectivity index (χ3v) is 14.4. The smallest absolute Gasteiger partial charge is 0.365 e. The van der Waals surface area contributed by atoms with E-state index in [0.717, 1.165) is 0 Å². The van der Waals surface area contributed by atoms with Gasteiger partial charge in [-0.15, -0.1) is 23.2 Å². The fourth-order valence-electron chi connectivity index (χ4n) is 2.72. The van der Waals surface area contributed by atoms with Crippen molar-refractivity contribution in [1.82, 2.24) is 0 Å². The number of aromatic hydroxyl groups is 2. The molecule has 0 bridgehead atoms. The summed E-state index contributed by atoms with van der Waals surface area (Å²) in [5, 5.41) is 20.1. The molecule has 2 rings (SSSR count). The number of rotatable bonds is 8. The lowest BCUT2D eigenvalue weighted by atomic mass is 10.5. The lowest BCUT2D eigenvalue weighted by molar-refractivity contribution is -0.689. The first kappa shape index (κ1) is 26.5. The molecule has 11 heteroatoms. The van der Waals surface area contributed by atoms with E-state index in [1.165, 1.54) is 0 Å². The molecule has 5 nitrogen and oxygen atoms in total. The molecule has 0 spiro atoms. The largest absolute Gasteiger partial charge is 1.00 e. The van der Waals surface area contributed by atoms with E-state index in [2.05, 4.69) is 0 Å². The van der Waals surface area contributed by atoms with Gasteiger partial charge in [-0.1, -0.05) is 0 Å². The zero-order chi connectivity index (χ0) is 18.5. The molecule has 0 aliphatic rings. The summed E-state index contributed by atoms with van der Waals surface area (Å²) in [7, 11) is -4.75. The predicted molar refractivity (Wildman–Crippen MR) is 102 cm³/mol. The second-order valence-corrected chi connectivity index (χ2v) is 16.0. The second-order valence-electron chi connectivity index (χ2n) is 6.64. The van der Waals surface area contributed by atoms with Crippen LogP contribution in [-0.4, -0.2) is 37.9 Å². The maximum Gasteiger partial charge on any atom is 0.365 e. The monoisotopic (exact) mass is 488 g/mol. The van der Waals surface area contributed by atoms with Gasteiger partial charge in [-0.25, -0.2) is 0 Å². The van der Waals surface area contributed by atoms with Gasteiger partial charge in [0.2, 0.25) is 0 Å². The first-order valence-corrected chi connectivity index (χ1v) is 14.7. The Morgan fingerprint density at radius 2 is 1.19 bits per heavy atom. The molecule has 0 unspecified atom stereocenters. The van der Waals surface area contributed by atoms with Crippen LogP contribution in [0.15, 0.2) is 48.8 Å². The number of nitrogens with zero attached hydrogens (tertiary/aromatic N) is 2. The summed E-state index contributed by atoms with van der Waals surface area (Å²) in [6.07, 6.45) is 4.70. The Balaban J connectivity index is 0.00000338. The molecule has 152 valence electrons. The molecule has 0 aromatic carbocycles. The molecule has 0 saturated heterocycles. The fraction of sp³-hybridized carbons (Fsp3) is 0.375. The first-order valence-electron chi connectivity index (χ1n) is 7.98. The lowest BCUT2D eigenvalue weighted by Crippen LogP contribution is -3.00. The quantitative estimate of drug-likeness (QED) is 0.227. The lowest BCUT2D eigenvalue weighted by Gasteiger charge is -2.32. The molecule has 2 atom stereocenters. The highest BCUT2D eigenvalue weighted by Crippen LogP contribution is 2.19. The topological polar surface area (TPSA) is 57.5 Å². The Morgan fingerprint density at radius 1 is 0.815 bits per heavy atom. The van der Waals surface area contributed by atoms with Crippen LogP contribution in [0.3, 0.4) is 0 Å². The van der Waals surface area contributed by atoms with Gasteiger partial charge in [0.15, 0.2) is 24.7 Å². The van der Waals surface area contributed by atoms with Crippen LogP contribution in [0.5, 0.6) is 11.8 Å². The van der Waals surface area contributed by atoms with Crippen molar-refractivity contribution in [2.75, 3.05) is 11.0 Å². The number of hydrogen-bond donors (Lipinski definition) is 2. The van der Waals surface area contributed by atoms with Crippen LogP contribution in [0.1, 0.15) is 0 Å². The van der Waals surface area contributed by atoms with E-state index >= 15 is 0 Å². The molecule has 0 fully saturated rings. The molecular weight excluding hydrogens is 466 g/mol. The van der Waals surface area contributed by atoms with Crippen molar-refractivity contribution in [2.45, 2.75) is 25.4 Å². The molecule has 2 aromatic heterocycles. The van der Waals surface area contributed by atoms with E-state index in [9.17, 15) is 10.2 Å². The van der Waals surface area contributed by atoms with Gasteiger partial charge in [0, 0.05) is 23.1 Å². The number of alkyl halides is 2. The Bertz CT molecular complexity index is 672. The minimum Gasteiger partial charge on any atom is -1.00 e. The Hall–Kier alpha value is -0.546. The van der Waals surface area contributed by atoms with E-state index in [-0.39, 0.29) is 36.6 Å². The Morgan fingerprint density at radius 3 is 1.48 bits per heavy atom. The fourth-order valence-corrected chi connectivity index (χ4v) is 12.1. The average molecular weight is 490 g/mol. The summed E-state index contributed by atoms with van der Waals surface area (Å²) in [5.74, 6) is 0.360. The molecule has 0 aliphatic carbocycles. The van der Waals surface area contributed by atoms with Gasteiger partial charge in [-0.2, -0.15) is 9.13 Å². The van der Waals surface area contributed by atoms with Crippen LogP contribution >= 0.6 is 23.2 Å². The van der Waals surface area contributed by atoms with Crippen molar-refractivity contribution in [3.63, 3.8) is 0 Å². The Kier molecular flexibility index (Phi) is 11.2. The van der Waals surface area contributed by atoms with Crippen LogP contribution < -0.4 is 33.9 Å². The number of halogens is 4. The van der Waals surface area contributed by atoms with Crippen molar-refractivity contribution in [1.29, 1.82) is 0 Å². The normalized spacial score (nSPS) is 15.0. The number of pyridine rings is 2. The molecule has 0 aliphatic heterocycles. The summed E-state index contributed by atoms with van der Waals surface area (Å²) in [5.41, 5.74) is 0.776. The van der Waals surface area contributed by atoms with Crippen LogP contribution in [0.4, 0.5) is 0 Å². The van der Waals surface area contributed by atoms with Crippen molar-refractivity contribution in [3.05, 3.63) is 48.8 Å². The number of aromatic nitrogens is 2. The average Bonchev–Trinajstić information content (AvgIpc) is 2.59. The molecule has 27 heavy (non-hydrogen) atoms. The van der Waals surface area contributed by atoms with Gasteiger partial charge in [0.1, 0.15) is 0 Å². The van der Waals surface area contributed by atoms with E-state index < -0.39 is 16.6 Å². The highest BCUT2D eigenvalue weighted by Gasteiger charge is 2.45. The maximum absolute atomic E-state index is 10.0. The minimum atomic E-state index is -2.37. The predicted octanol–water partition coefficient (Wildman–Crippen LogP) is -3.82. The molecule has 0 amide bonds. The molecule has 0 radical (unpaired) electrons. The first-order chi connectivity index (χ1) is 11.8. The van der Waals surface area contributed by atoms with Gasteiger partial charge < -0.3 is 39.1 Å². The van der Waals surface area contributed by atoms with E-state index in [1.807, 2.05) is 37.6 Å². The van der Waals surface area contributed by atoms with Gasteiger partial charge in [-0.3, -0.25) is 0 Å². The zero-order valence-electron chi connectivity index (χ0n) is 15.2. The van der Waals surface area contributed by atoms with Gasteiger partial charge in [0.25, 0.3) is 16.6 Å². The summed E-state index contributed by atoms with van der Waals surface area (Å²) in [6, 6.07) is 10.5. The summed E-state index contributed by atoms with van der Waals surface area (Å²) in [6.45, 7) is 4.10. The third-order valence-electron chi connectivity index (χ3n) is 3.90. The van der Waals surface area contributed by atoms with E-state index in [1.54, 1.807) is 33.4 Å². The van der Waals surface area contributed by atoms with E-state index in [4.69, 9.17) is 27.3 Å². The highest BCUT2D eigenvalue weighted by atomic mass is 35.5. The molecule has 2 heterocycles. The number of hydrogen-bond acceptors (Lipinski definition) is 3. The van der Waals surface area contributed by atoms with Gasteiger partial charge in [-0.05, 0) is 25.2 Å². The van der Waals surface area contributed by atoms with Gasteiger partial charge >= 0.3 is 11.8 Å². The van der Waals surface area contributed by atoms with Crippen molar-refractivity contribution in [3.8, 4) is 11.8 Å². The SMILES string of the molecule is C[Si@](CCl)(C[n+]1ccccc1O)O[Si@](C)(CCl)C[n+]1ccccc1O.[Cl-].[Cl-]. The summed E-state index contributed by atoms with van der Waals surface area (Å²) >= 11 is 12.5. The third kappa shape index (κ3) is 7.42. The maximum atomic E-state index is 10.0. The van der Waals surface area contributed by atoms with Crippen LogP contribution in [0, 0.1) is 0 Å². The Labute approximate surface area is 184 Å². The van der Waals surface area contributed by atoms with Crippen LogP contribution in [0.25, 0.3) is 0 Å². The van der Waals surface area contributed by atoms with Crippen LogP contribution in [-0.2, 0) is 16.5 Å². The zero-order valence-corrected chi connectivity index (χ0v) is 20.2. The molecule has 0 saturated carbocycles.